The second kappa shape index (κ2) is 5.66. The molecule has 6 nitrogen and oxygen atoms in total. The van der Waals surface area contributed by atoms with Crippen molar-refractivity contribution in [3.63, 3.8) is 0 Å². The second-order valence-corrected chi connectivity index (χ2v) is 7.36. The third-order valence-corrected chi connectivity index (χ3v) is 5.98. The van der Waals surface area contributed by atoms with Crippen LogP contribution in [0.25, 0.3) is 0 Å². The maximum atomic E-state index is 12.8. The highest BCUT2D eigenvalue weighted by Gasteiger charge is 2.49. The zero-order chi connectivity index (χ0) is 16.7. The predicted molar refractivity (Wildman–Crippen MR) is 88.3 cm³/mol. The SMILES string of the molecule is O=C(O)c1sc(C(=O)NC2(c3ncccn3)CC2)c2c1CCCC2. The molecule has 0 atom stereocenters. The number of carboxylic acid groups (broad SMARTS) is 1. The van der Waals surface area contributed by atoms with Gasteiger partial charge < -0.3 is 10.4 Å². The molecule has 1 amide bonds. The first-order valence-corrected chi connectivity index (χ1v) is 8.90. The van der Waals surface area contributed by atoms with Crippen molar-refractivity contribution in [2.24, 2.45) is 0 Å². The van der Waals surface area contributed by atoms with Crippen LogP contribution in [0.1, 0.15) is 62.0 Å². The number of amides is 1. The molecule has 2 aromatic rings. The van der Waals surface area contributed by atoms with E-state index in [4.69, 9.17) is 0 Å². The molecule has 0 saturated heterocycles. The standard InChI is InChI=1S/C17H17N3O3S/c21-14(20-17(6-7-17)16-18-8-3-9-19-16)12-10-4-1-2-5-11(10)13(24-12)15(22)23/h3,8-9H,1-2,4-7H2,(H,20,21)(H,22,23). The molecule has 2 aliphatic rings. The summed E-state index contributed by atoms with van der Waals surface area (Å²) in [6.07, 6.45) is 8.45. The summed E-state index contributed by atoms with van der Waals surface area (Å²) in [5.74, 6) is -0.512. The van der Waals surface area contributed by atoms with Gasteiger partial charge in [0.15, 0.2) is 5.82 Å². The van der Waals surface area contributed by atoms with Gasteiger partial charge >= 0.3 is 5.97 Å². The molecule has 0 unspecified atom stereocenters. The molecule has 1 saturated carbocycles. The summed E-state index contributed by atoms with van der Waals surface area (Å²) in [6, 6.07) is 1.75. The fourth-order valence-corrected chi connectivity index (χ4v) is 4.47. The Kier molecular flexibility index (Phi) is 3.60. The number of fused-ring (bicyclic) bond motifs is 1. The minimum Gasteiger partial charge on any atom is -0.477 e. The van der Waals surface area contributed by atoms with E-state index >= 15 is 0 Å². The van der Waals surface area contributed by atoms with Crippen LogP contribution in [0.5, 0.6) is 0 Å². The summed E-state index contributed by atoms with van der Waals surface area (Å²) in [5.41, 5.74) is 1.28. The van der Waals surface area contributed by atoms with Crippen molar-refractivity contribution in [2.75, 3.05) is 0 Å². The fourth-order valence-electron chi connectivity index (χ4n) is 3.34. The van der Waals surface area contributed by atoms with Crippen LogP contribution in [0.3, 0.4) is 0 Å². The first-order valence-electron chi connectivity index (χ1n) is 8.08. The van der Waals surface area contributed by atoms with Gasteiger partial charge in [0, 0.05) is 12.4 Å². The number of aromatic carboxylic acids is 1. The van der Waals surface area contributed by atoms with E-state index in [-0.39, 0.29) is 5.91 Å². The number of hydrogen-bond acceptors (Lipinski definition) is 5. The summed E-state index contributed by atoms with van der Waals surface area (Å²) in [6.45, 7) is 0. The van der Waals surface area contributed by atoms with Crippen molar-refractivity contribution in [1.29, 1.82) is 0 Å². The van der Waals surface area contributed by atoms with Crippen LogP contribution in [0.15, 0.2) is 18.5 Å². The molecule has 0 aliphatic heterocycles. The van der Waals surface area contributed by atoms with E-state index in [1.165, 1.54) is 0 Å². The minimum absolute atomic E-state index is 0.199. The van der Waals surface area contributed by atoms with Crippen LogP contribution < -0.4 is 5.32 Å². The molecule has 0 aromatic carbocycles. The molecular formula is C17H17N3O3S. The van der Waals surface area contributed by atoms with Gasteiger partial charge in [-0.05, 0) is 55.7 Å². The van der Waals surface area contributed by atoms with E-state index in [1.807, 2.05) is 0 Å². The van der Waals surface area contributed by atoms with Gasteiger partial charge in [-0.2, -0.15) is 0 Å². The Hall–Kier alpha value is -2.28. The zero-order valence-electron chi connectivity index (χ0n) is 13.0. The number of nitrogens with zero attached hydrogens (tertiary/aromatic N) is 2. The molecule has 2 heterocycles. The Balaban J connectivity index is 1.65. The number of nitrogens with one attached hydrogen (secondary N) is 1. The summed E-state index contributed by atoms with van der Waals surface area (Å²) >= 11 is 1.10. The number of carboxylic acids is 1. The Labute approximate surface area is 143 Å². The van der Waals surface area contributed by atoms with Crippen molar-refractivity contribution in [3.8, 4) is 0 Å². The Morgan fingerprint density at radius 2 is 1.71 bits per heavy atom. The summed E-state index contributed by atoms with van der Waals surface area (Å²) < 4.78 is 0. The third kappa shape index (κ3) is 2.49. The lowest BCUT2D eigenvalue weighted by molar-refractivity contribution is 0.0700. The number of aromatic nitrogens is 2. The molecule has 1 fully saturated rings. The Bertz CT molecular complexity index is 812. The Morgan fingerprint density at radius 1 is 1.08 bits per heavy atom. The number of rotatable bonds is 4. The largest absolute Gasteiger partial charge is 0.477 e. The van der Waals surface area contributed by atoms with Gasteiger partial charge in [-0.25, -0.2) is 14.8 Å². The quantitative estimate of drug-likeness (QED) is 0.890. The van der Waals surface area contributed by atoms with E-state index < -0.39 is 11.5 Å². The van der Waals surface area contributed by atoms with Crippen molar-refractivity contribution in [1.82, 2.24) is 15.3 Å². The van der Waals surface area contributed by atoms with E-state index in [0.29, 0.717) is 15.6 Å². The maximum Gasteiger partial charge on any atom is 0.346 e. The van der Waals surface area contributed by atoms with Gasteiger partial charge in [0.05, 0.1) is 4.88 Å². The van der Waals surface area contributed by atoms with Crippen LogP contribution in [0.4, 0.5) is 0 Å². The molecule has 2 aliphatic carbocycles. The average molecular weight is 343 g/mol. The van der Waals surface area contributed by atoms with E-state index in [1.54, 1.807) is 18.5 Å². The van der Waals surface area contributed by atoms with Crippen molar-refractivity contribution in [3.05, 3.63) is 45.2 Å². The monoisotopic (exact) mass is 343 g/mol. The average Bonchev–Trinajstić information content (AvgIpc) is 3.27. The topological polar surface area (TPSA) is 92.2 Å². The van der Waals surface area contributed by atoms with E-state index in [9.17, 15) is 14.7 Å². The van der Waals surface area contributed by atoms with Gasteiger partial charge in [0.25, 0.3) is 5.91 Å². The number of carbonyl (C=O) groups is 2. The van der Waals surface area contributed by atoms with Crippen LogP contribution in [-0.4, -0.2) is 27.0 Å². The van der Waals surface area contributed by atoms with Gasteiger partial charge in [0.2, 0.25) is 0 Å². The number of thiophene rings is 1. The molecular weight excluding hydrogens is 326 g/mol. The first-order chi connectivity index (χ1) is 11.6. The number of carbonyl (C=O) groups excluding carboxylic acids is 1. The molecule has 7 heteroatoms. The second-order valence-electron chi connectivity index (χ2n) is 6.34. The molecule has 2 aromatic heterocycles. The fraction of sp³-hybridized carbons (Fsp3) is 0.412. The first kappa shape index (κ1) is 15.3. The van der Waals surface area contributed by atoms with Crippen molar-refractivity contribution in [2.45, 2.75) is 44.1 Å². The molecule has 0 spiro atoms. The molecule has 0 bridgehead atoms. The highest BCUT2D eigenvalue weighted by molar-refractivity contribution is 7.16. The highest BCUT2D eigenvalue weighted by atomic mass is 32.1. The van der Waals surface area contributed by atoms with Crippen LogP contribution in [0, 0.1) is 0 Å². The molecule has 0 radical (unpaired) electrons. The van der Waals surface area contributed by atoms with E-state index in [2.05, 4.69) is 15.3 Å². The van der Waals surface area contributed by atoms with Gasteiger partial charge in [-0.1, -0.05) is 0 Å². The van der Waals surface area contributed by atoms with E-state index in [0.717, 1.165) is 61.0 Å². The van der Waals surface area contributed by atoms with Gasteiger partial charge in [-0.15, -0.1) is 11.3 Å². The molecule has 4 rings (SSSR count). The smallest absolute Gasteiger partial charge is 0.346 e. The Morgan fingerprint density at radius 3 is 2.29 bits per heavy atom. The lowest BCUT2D eigenvalue weighted by Crippen LogP contribution is -2.36. The highest BCUT2D eigenvalue weighted by Crippen LogP contribution is 2.44. The lowest BCUT2D eigenvalue weighted by atomic mass is 9.92. The van der Waals surface area contributed by atoms with Crippen molar-refractivity contribution >= 4 is 23.2 Å². The van der Waals surface area contributed by atoms with Crippen LogP contribution in [0.2, 0.25) is 0 Å². The van der Waals surface area contributed by atoms with Crippen LogP contribution in [-0.2, 0) is 18.4 Å². The van der Waals surface area contributed by atoms with Gasteiger partial charge in [0.1, 0.15) is 10.4 Å². The van der Waals surface area contributed by atoms with Crippen molar-refractivity contribution < 1.29 is 14.7 Å². The summed E-state index contributed by atoms with van der Waals surface area (Å²) in [4.78, 5) is 33.7. The predicted octanol–water partition coefficient (Wildman–Crippen LogP) is 2.53. The number of hydrogen-bond donors (Lipinski definition) is 2. The normalized spacial score (nSPS) is 17.8. The third-order valence-electron chi connectivity index (χ3n) is 4.72. The summed E-state index contributed by atoms with van der Waals surface area (Å²) in [7, 11) is 0. The summed E-state index contributed by atoms with van der Waals surface area (Å²) in [5, 5.41) is 12.5. The molecule has 124 valence electrons. The maximum absolute atomic E-state index is 12.8. The van der Waals surface area contributed by atoms with Crippen LogP contribution >= 0.6 is 11.3 Å². The van der Waals surface area contributed by atoms with Gasteiger partial charge in [-0.3, -0.25) is 4.79 Å². The zero-order valence-corrected chi connectivity index (χ0v) is 13.9. The minimum atomic E-state index is -0.940. The molecule has 24 heavy (non-hydrogen) atoms. The lowest BCUT2D eigenvalue weighted by Gasteiger charge is -2.17. The molecule has 2 N–H and O–H groups in total.